The van der Waals surface area contributed by atoms with Gasteiger partial charge >= 0.3 is 0 Å². The minimum atomic E-state index is 0.788. The Morgan fingerprint density at radius 3 is 2.92 bits per heavy atom. The number of nitrogens with zero attached hydrogens (tertiary/aromatic N) is 1. The normalized spacial score (nSPS) is 10.0. The Bertz CT molecular complexity index is 373. The summed E-state index contributed by atoms with van der Waals surface area (Å²) in [6.07, 6.45) is 4.34. The van der Waals surface area contributed by atoms with Crippen molar-refractivity contribution in [2.24, 2.45) is 0 Å². The lowest BCUT2D eigenvalue weighted by atomic mass is 10.3. The van der Waals surface area contributed by atoms with Crippen molar-refractivity contribution in [1.29, 1.82) is 0 Å². The van der Waals surface area contributed by atoms with Crippen molar-refractivity contribution >= 4 is 6.41 Å². The van der Waals surface area contributed by atoms with E-state index in [2.05, 4.69) is 4.98 Å². The summed E-state index contributed by atoms with van der Waals surface area (Å²) in [4.78, 5) is 13.6. The molecule has 0 atom stereocenters. The molecule has 1 N–H and O–H groups in total. The zero-order chi connectivity index (χ0) is 8.39. The molecule has 0 fully saturated rings. The van der Waals surface area contributed by atoms with Crippen LogP contribution in [0.1, 0.15) is 0 Å². The van der Waals surface area contributed by atoms with Gasteiger partial charge < -0.3 is 4.98 Å². The van der Waals surface area contributed by atoms with Gasteiger partial charge in [-0.05, 0) is 24.3 Å². The van der Waals surface area contributed by atoms with Crippen LogP contribution in [0.4, 0.5) is 0 Å². The van der Waals surface area contributed by atoms with Gasteiger partial charge in [-0.25, -0.2) is 0 Å². The summed E-state index contributed by atoms with van der Waals surface area (Å²) >= 11 is 0. The number of aromatic amines is 1. The summed E-state index contributed by atoms with van der Waals surface area (Å²) in [5, 5.41) is 0. The molecule has 3 heteroatoms. The SMILES string of the molecule is O=Cn1cccc1-c1ccc[nH]1. The van der Waals surface area contributed by atoms with Crippen LogP contribution < -0.4 is 0 Å². The van der Waals surface area contributed by atoms with Crippen molar-refractivity contribution in [2.75, 3.05) is 0 Å². The van der Waals surface area contributed by atoms with E-state index in [1.807, 2.05) is 30.5 Å². The summed E-state index contributed by atoms with van der Waals surface area (Å²) in [6.45, 7) is 0. The fraction of sp³-hybridized carbons (Fsp3) is 0. The number of hydrogen-bond donors (Lipinski definition) is 1. The predicted octanol–water partition coefficient (Wildman–Crippen LogP) is 1.52. The number of hydrogen-bond acceptors (Lipinski definition) is 1. The molecule has 2 aromatic heterocycles. The van der Waals surface area contributed by atoms with Gasteiger partial charge in [0, 0.05) is 12.4 Å². The Morgan fingerprint density at radius 2 is 2.25 bits per heavy atom. The van der Waals surface area contributed by atoms with Gasteiger partial charge in [-0.1, -0.05) is 0 Å². The first-order chi connectivity index (χ1) is 5.92. The monoisotopic (exact) mass is 160 g/mol. The molecule has 0 spiro atoms. The van der Waals surface area contributed by atoms with Gasteiger partial charge in [0.1, 0.15) is 0 Å². The van der Waals surface area contributed by atoms with Gasteiger partial charge in [-0.3, -0.25) is 9.36 Å². The molecule has 0 bridgehead atoms. The molecule has 0 amide bonds. The lowest BCUT2D eigenvalue weighted by molar-refractivity contribution is 0.548. The van der Waals surface area contributed by atoms with Crippen LogP contribution in [0.2, 0.25) is 0 Å². The van der Waals surface area contributed by atoms with Gasteiger partial charge in [0.25, 0.3) is 0 Å². The average Bonchev–Trinajstić information content (AvgIpc) is 2.74. The number of aromatic nitrogens is 2. The minimum absolute atomic E-state index is 0.788. The van der Waals surface area contributed by atoms with Gasteiger partial charge in [-0.15, -0.1) is 0 Å². The first-order valence-electron chi connectivity index (χ1n) is 3.68. The van der Waals surface area contributed by atoms with Crippen molar-refractivity contribution in [2.45, 2.75) is 0 Å². The molecular formula is C9H8N2O. The highest BCUT2D eigenvalue weighted by atomic mass is 16.1. The second-order valence-electron chi connectivity index (χ2n) is 2.49. The maximum Gasteiger partial charge on any atom is 0.218 e. The van der Waals surface area contributed by atoms with Gasteiger partial charge in [0.2, 0.25) is 6.41 Å². The second kappa shape index (κ2) is 2.70. The van der Waals surface area contributed by atoms with E-state index >= 15 is 0 Å². The summed E-state index contributed by atoms with van der Waals surface area (Å²) in [5.41, 5.74) is 1.84. The van der Waals surface area contributed by atoms with Gasteiger partial charge in [0.05, 0.1) is 11.4 Å². The van der Waals surface area contributed by atoms with Crippen molar-refractivity contribution in [1.82, 2.24) is 9.55 Å². The van der Waals surface area contributed by atoms with Gasteiger partial charge in [0.15, 0.2) is 0 Å². The van der Waals surface area contributed by atoms with E-state index in [4.69, 9.17) is 0 Å². The first-order valence-corrected chi connectivity index (χ1v) is 3.68. The molecule has 0 aliphatic rings. The molecule has 2 rings (SSSR count). The van der Waals surface area contributed by atoms with Crippen LogP contribution in [0.3, 0.4) is 0 Å². The van der Waals surface area contributed by atoms with E-state index in [9.17, 15) is 4.79 Å². The van der Waals surface area contributed by atoms with Crippen LogP contribution in [-0.4, -0.2) is 16.0 Å². The van der Waals surface area contributed by atoms with E-state index in [1.54, 1.807) is 6.20 Å². The van der Waals surface area contributed by atoms with Crippen LogP contribution in [0, 0.1) is 0 Å². The molecule has 0 saturated carbocycles. The van der Waals surface area contributed by atoms with Crippen LogP contribution in [0.25, 0.3) is 11.4 Å². The highest BCUT2D eigenvalue weighted by Gasteiger charge is 2.01. The zero-order valence-corrected chi connectivity index (χ0v) is 6.40. The molecule has 60 valence electrons. The Labute approximate surface area is 69.6 Å². The fourth-order valence-electron chi connectivity index (χ4n) is 1.20. The van der Waals surface area contributed by atoms with E-state index in [0.717, 1.165) is 17.8 Å². The predicted molar refractivity (Wildman–Crippen MR) is 46.4 cm³/mol. The van der Waals surface area contributed by atoms with Crippen molar-refractivity contribution in [3.8, 4) is 11.4 Å². The summed E-state index contributed by atoms with van der Waals surface area (Å²) in [5.74, 6) is 0. The third kappa shape index (κ3) is 0.955. The fourth-order valence-corrected chi connectivity index (χ4v) is 1.20. The van der Waals surface area contributed by atoms with E-state index < -0.39 is 0 Å². The molecule has 0 aromatic carbocycles. The van der Waals surface area contributed by atoms with E-state index in [1.165, 1.54) is 4.57 Å². The quantitative estimate of drug-likeness (QED) is 0.664. The number of rotatable bonds is 2. The maximum absolute atomic E-state index is 10.5. The number of nitrogens with one attached hydrogen (secondary N) is 1. The Hall–Kier alpha value is -1.77. The highest BCUT2D eigenvalue weighted by molar-refractivity contribution is 5.66. The van der Waals surface area contributed by atoms with Crippen LogP contribution >= 0.6 is 0 Å². The maximum atomic E-state index is 10.5. The Kier molecular flexibility index (Phi) is 1.55. The molecule has 0 saturated heterocycles. The van der Waals surface area contributed by atoms with Gasteiger partial charge in [-0.2, -0.15) is 0 Å². The molecule has 2 aromatic rings. The van der Waals surface area contributed by atoms with Crippen LogP contribution in [0.15, 0.2) is 36.7 Å². The third-order valence-corrected chi connectivity index (χ3v) is 1.77. The lowest BCUT2D eigenvalue weighted by Crippen LogP contribution is -1.94. The first kappa shape index (κ1) is 6.91. The molecule has 0 unspecified atom stereocenters. The summed E-state index contributed by atoms with van der Waals surface area (Å²) in [7, 11) is 0. The smallest absolute Gasteiger partial charge is 0.218 e. The van der Waals surface area contributed by atoms with Crippen molar-refractivity contribution in [3.63, 3.8) is 0 Å². The third-order valence-electron chi connectivity index (χ3n) is 1.77. The van der Waals surface area contributed by atoms with Crippen molar-refractivity contribution < 1.29 is 4.79 Å². The topological polar surface area (TPSA) is 37.8 Å². The van der Waals surface area contributed by atoms with E-state index in [-0.39, 0.29) is 0 Å². The highest BCUT2D eigenvalue weighted by Crippen LogP contribution is 2.15. The lowest BCUT2D eigenvalue weighted by Gasteiger charge is -1.97. The van der Waals surface area contributed by atoms with Crippen LogP contribution in [-0.2, 0) is 4.79 Å². The molecule has 0 aliphatic heterocycles. The molecule has 12 heavy (non-hydrogen) atoms. The average molecular weight is 160 g/mol. The standard InChI is InChI=1S/C9H8N2O/c12-7-11-6-2-4-9(11)8-3-1-5-10-8/h1-7,10H. The minimum Gasteiger partial charge on any atom is -0.360 e. The van der Waals surface area contributed by atoms with Crippen LogP contribution in [0.5, 0.6) is 0 Å². The Balaban J connectivity index is 2.53. The van der Waals surface area contributed by atoms with E-state index in [0.29, 0.717) is 0 Å². The summed E-state index contributed by atoms with van der Waals surface area (Å²) in [6, 6.07) is 7.55. The molecule has 2 heterocycles. The van der Waals surface area contributed by atoms with Crippen molar-refractivity contribution in [3.05, 3.63) is 36.7 Å². The number of H-pyrrole nitrogens is 1. The second-order valence-corrected chi connectivity index (χ2v) is 2.49. The number of carbonyl (C=O) groups excluding carboxylic acids is 1. The molecule has 3 nitrogen and oxygen atoms in total. The molecular weight excluding hydrogens is 152 g/mol. The molecule has 0 aliphatic carbocycles. The number of carbonyl (C=O) groups is 1. The Morgan fingerprint density at radius 1 is 1.33 bits per heavy atom. The zero-order valence-electron chi connectivity index (χ0n) is 6.40. The molecule has 0 radical (unpaired) electrons. The largest absolute Gasteiger partial charge is 0.360 e. The summed E-state index contributed by atoms with van der Waals surface area (Å²) < 4.78 is 1.53.